The molecule has 5 heteroatoms. The van der Waals surface area contributed by atoms with Crippen molar-refractivity contribution in [2.75, 3.05) is 0 Å². The summed E-state index contributed by atoms with van der Waals surface area (Å²) in [4.78, 5) is 27.2. The molecule has 0 unspecified atom stereocenters. The first-order valence-electron chi connectivity index (χ1n) is 8.35. The predicted molar refractivity (Wildman–Crippen MR) is 102 cm³/mol. The van der Waals surface area contributed by atoms with Gasteiger partial charge in [0.2, 0.25) is 0 Å². The third-order valence-electron chi connectivity index (χ3n) is 4.28. The van der Waals surface area contributed by atoms with Crippen molar-refractivity contribution in [3.63, 3.8) is 0 Å². The summed E-state index contributed by atoms with van der Waals surface area (Å²) in [5.74, 6) is -1.25. The fourth-order valence-electron chi connectivity index (χ4n) is 3.00. The Hall–Kier alpha value is -3.86. The molecule has 2 N–H and O–H groups in total. The summed E-state index contributed by atoms with van der Waals surface area (Å²) in [6.07, 6.45) is 0. The molecule has 0 aliphatic rings. The fourth-order valence-corrected chi connectivity index (χ4v) is 3.00. The molecule has 0 aliphatic carbocycles. The van der Waals surface area contributed by atoms with Gasteiger partial charge < -0.3 is 14.8 Å². The lowest BCUT2D eigenvalue weighted by Crippen LogP contribution is -2.09. The second kappa shape index (κ2) is 6.80. The van der Waals surface area contributed by atoms with Crippen LogP contribution < -0.4 is 4.74 Å². The highest BCUT2D eigenvalue weighted by atomic mass is 16.5. The van der Waals surface area contributed by atoms with Crippen LogP contribution in [-0.4, -0.2) is 22.0 Å². The van der Waals surface area contributed by atoms with E-state index in [2.05, 4.69) is 4.98 Å². The predicted octanol–water partition coefficient (Wildman–Crippen LogP) is 4.75. The number of carbonyl (C=O) groups is 2. The summed E-state index contributed by atoms with van der Waals surface area (Å²) in [6.45, 7) is 0. The molecule has 4 rings (SSSR count). The molecule has 132 valence electrons. The van der Waals surface area contributed by atoms with E-state index in [1.165, 1.54) is 24.3 Å². The Morgan fingerprint density at radius 2 is 1.48 bits per heavy atom. The normalized spacial score (nSPS) is 10.7. The van der Waals surface area contributed by atoms with Gasteiger partial charge in [0, 0.05) is 10.9 Å². The first kappa shape index (κ1) is 16.6. The molecule has 27 heavy (non-hydrogen) atoms. The van der Waals surface area contributed by atoms with Gasteiger partial charge in [-0.2, -0.15) is 0 Å². The van der Waals surface area contributed by atoms with E-state index in [0.29, 0.717) is 11.3 Å². The van der Waals surface area contributed by atoms with Gasteiger partial charge in [-0.15, -0.1) is 0 Å². The average molecular weight is 357 g/mol. The van der Waals surface area contributed by atoms with Crippen molar-refractivity contribution < 1.29 is 19.4 Å². The molecule has 0 bridgehead atoms. The smallest absolute Gasteiger partial charge is 0.346 e. The fraction of sp³-hybridized carbons (Fsp3) is 0. The minimum absolute atomic E-state index is 0.131. The summed E-state index contributed by atoms with van der Waals surface area (Å²) in [5, 5.41) is 9.74. The maximum absolute atomic E-state index is 12.9. The summed E-state index contributed by atoms with van der Waals surface area (Å²) < 4.78 is 5.51. The van der Waals surface area contributed by atoms with E-state index < -0.39 is 11.9 Å². The molecule has 1 aromatic heterocycles. The molecular formula is C22H15NO4. The summed E-state index contributed by atoms with van der Waals surface area (Å²) >= 11 is 0. The van der Waals surface area contributed by atoms with Gasteiger partial charge in [0.05, 0.1) is 16.8 Å². The Bertz CT molecular complexity index is 1130. The lowest BCUT2D eigenvalue weighted by atomic mass is 10.1. The second-order valence-electron chi connectivity index (χ2n) is 6.01. The lowest BCUT2D eigenvalue weighted by molar-refractivity contribution is 0.0696. The van der Waals surface area contributed by atoms with E-state index >= 15 is 0 Å². The Kier molecular flexibility index (Phi) is 4.18. The number of fused-ring (bicyclic) bond motifs is 1. The highest BCUT2D eigenvalue weighted by Gasteiger charge is 2.21. The number of carboxylic acid groups (broad SMARTS) is 1. The van der Waals surface area contributed by atoms with Crippen LogP contribution in [0.4, 0.5) is 0 Å². The molecule has 0 fully saturated rings. The highest BCUT2D eigenvalue weighted by Crippen LogP contribution is 2.31. The summed E-state index contributed by atoms with van der Waals surface area (Å²) in [5.41, 5.74) is 2.97. The third-order valence-corrected chi connectivity index (χ3v) is 4.28. The van der Waals surface area contributed by atoms with Crippen LogP contribution in [0.5, 0.6) is 5.75 Å². The second-order valence-corrected chi connectivity index (χ2v) is 6.01. The monoisotopic (exact) mass is 357 g/mol. The van der Waals surface area contributed by atoms with Crippen LogP contribution in [0.15, 0.2) is 78.9 Å². The Labute approximate surface area is 154 Å². The number of aromatic carboxylic acids is 1. The number of rotatable bonds is 4. The van der Waals surface area contributed by atoms with Crippen molar-refractivity contribution in [1.29, 1.82) is 0 Å². The van der Waals surface area contributed by atoms with Crippen molar-refractivity contribution >= 4 is 22.8 Å². The van der Waals surface area contributed by atoms with E-state index in [-0.39, 0.29) is 11.3 Å². The van der Waals surface area contributed by atoms with E-state index in [4.69, 9.17) is 9.84 Å². The number of ether oxygens (including phenoxy) is 1. The maximum Gasteiger partial charge on any atom is 0.346 e. The topological polar surface area (TPSA) is 79.4 Å². The van der Waals surface area contributed by atoms with Crippen LogP contribution in [0, 0.1) is 0 Å². The molecule has 0 amide bonds. The molecule has 0 saturated heterocycles. The Balaban J connectivity index is 1.75. The average Bonchev–Trinajstić information content (AvgIpc) is 3.09. The maximum atomic E-state index is 12.9. The summed E-state index contributed by atoms with van der Waals surface area (Å²) in [7, 11) is 0. The Morgan fingerprint density at radius 1 is 0.815 bits per heavy atom. The van der Waals surface area contributed by atoms with Gasteiger partial charge in [-0.25, -0.2) is 9.59 Å². The number of para-hydroxylation sites is 1. The van der Waals surface area contributed by atoms with Crippen LogP contribution in [0.2, 0.25) is 0 Å². The van der Waals surface area contributed by atoms with Crippen molar-refractivity contribution in [3.8, 4) is 17.0 Å². The zero-order valence-corrected chi connectivity index (χ0v) is 14.2. The molecule has 0 radical (unpaired) electrons. The lowest BCUT2D eigenvalue weighted by Gasteiger charge is -2.07. The number of hydrogen-bond donors (Lipinski definition) is 2. The highest BCUT2D eigenvalue weighted by molar-refractivity contribution is 6.10. The van der Waals surface area contributed by atoms with Crippen LogP contribution >= 0.6 is 0 Å². The van der Waals surface area contributed by atoms with Crippen molar-refractivity contribution in [2.24, 2.45) is 0 Å². The van der Waals surface area contributed by atoms with Crippen LogP contribution in [0.3, 0.4) is 0 Å². The number of hydrogen-bond acceptors (Lipinski definition) is 3. The number of benzene rings is 3. The zero-order valence-electron chi connectivity index (χ0n) is 14.2. The molecular weight excluding hydrogens is 342 g/mol. The zero-order chi connectivity index (χ0) is 18.8. The minimum atomic E-state index is -1.03. The molecule has 0 saturated carbocycles. The standard InChI is InChI=1S/C22H15NO4/c24-21(25)15-10-12-16(13-11-15)27-22(26)19-17-8-4-5-9-18(17)23-20(19)14-6-2-1-3-7-14/h1-13,23H,(H,24,25). The van der Waals surface area contributed by atoms with Gasteiger partial charge in [0.1, 0.15) is 5.75 Å². The van der Waals surface area contributed by atoms with Gasteiger partial charge in [-0.05, 0) is 35.9 Å². The number of carbonyl (C=O) groups excluding carboxylic acids is 1. The van der Waals surface area contributed by atoms with Gasteiger partial charge in [-0.1, -0.05) is 48.5 Å². The van der Waals surface area contributed by atoms with Gasteiger partial charge in [0.15, 0.2) is 0 Å². The van der Waals surface area contributed by atoms with Crippen LogP contribution in [0.1, 0.15) is 20.7 Å². The number of aromatic amines is 1. The quantitative estimate of drug-likeness (QED) is 0.408. The van der Waals surface area contributed by atoms with Crippen molar-refractivity contribution in [2.45, 2.75) is 0 Å². The first-order chi connectivity index (χ1) is 13.1. The van der Waals surface area contributed by atoms with Crippen LogP contribution in [0.25, 0.3) is 22.2 Å². The van der Waals surface area contributed by atoms with Gasteiger partial charge >= 0.3 is 11.9 Å². The third kappa shape index (κ3) is 3.18. The number of esters is 1. The molecule has 5 nitrogen and oxygen atoms in total. The van der Waals surface area contributed by atoms with Crippen molar-refractivity contribution in [3.05, 3.63) is 90.0 Å². The van der Waals surface area contributed by atoms with Crippen LogP contribution in [-0.2, 0) is 0 Å². The molecule has 0 aliphatic heterocycles. The molecule has 0 atom stereocenters. The van der Waals surface area contributed by atoms with E-state index in [1.807, 2.05) is 54.6 Å². The van der Waals surface area contributed by atoms with E-state index in [0.717, 1.165) is 16.5 Å². The largest absolute Gasteiger partial charge is 0.478 e. The Morgan fingerprint density at radius 3 is 2.19 bits per heavy atom. The SMILES string of the molecule is O=C(O)c1ccc(OC(=O)c2c(-c3ccccc3)[nH]c3ccccc23)cc1. The number of H-pyrrole nitrogens is 1. The first-order valence-corrected chi connectivity index (χ1v) is 8.35. The van der Waals surface area contributed by atoms with Crippen molar-refractivity contribution in [1.82, 2.24) is 4.98 Å². The van der Waals surface area contributed by atoms with Gasteiger partial charge in [0.25, 0.3) is 0 Å². The number of carboxylic acids is 1. The molecule has 3 aromatic carbocycles. The summed E-state index contributed by atoms with van der Waals surface area (Å²) in [6, 6.07) is 22.8. The molecule has 4 aromatic rings. The number of aromatic nitrogens is 1. The van der Waals surface area contributed by atoms with Gasteiger partial charge in [-0.3, -0.25) is 0 Å². The van der Waals surface area contributed by atoms with E-state index in [9.17, 15) is 9.59 Å². The molecule has 0 spiro atoms. The minimum Gasteiger partial charge on any atom is -0.478 e. The van der Waals surface area contributed by atoms with E-state index in [1.54, 1.807) is 0 Å². The molecule has 1 heterocycles. The number of nitrogens with one attached hydrogen (secondary N) is 1.